The zero-order valence-corrected chi connectivity index (χ0v) is 7.90. The highest BCUT2D eigenvalue weighted by atomic mass is 16.4. The summed E-state index contributed by atoms with van der Waals surface area (Å²) in [6, 6.07) is 0. The lowest BCUT2D eigenvalue weighted by molar-refractivity contribution is 0.192. The first-order valence-electron chi connectivity index (χ1n) is 3.91. The minimum absolute atomic E-state index is 0.183. The van der Waals surface area contributed by atoms with Crippen LogP contribution in [0.15, 0.2) is 6.20 Å². The highest BCUT2D eigenvalue weighted by Gasteiger charge is 2.21. The quantitative estimate of drug-likeness (QED) is 0.635. The van der Waals surface area contributed by atoms with E-state index in [1.807, 2.05) is 20.8 Å². The number of nitrogen functional groups attached to an aromatic ring is 1. The van der Waals surface area contributed by atoms with Crippen molar-refractivity contribution >= 4 is 11.9 Å². The molecule has 5 heteroatoms. The number of carboxylic acid groups (broad SMARTS) is 1. The van der Waals surface area contributed by atoms with Crippen molar-refractivity contribution in [3.8, 4) is 0 Å². The van der Waals surface area contributed by atoms with Gasteiger partial charge in [0.05, 0.1) is 0 Å². The van der Waals surface area contributed by atoms with Crippen molar-refractivity contribution in [2.24, 2.45) is 0 Å². The van der Waals surface area contributed by atoms with E-state index in [9.17, 15) is 4.79 Å². The van der Waals surface area contributed by atoms with E-state index in [1.54, 1.807) is 0 Å². The highest BCUT2D eigenvalue weighted by Crippen LogP contribution is 2.26. The molecule has 0 unspecified atom stereocenters. The average Bonchev–Trinajstić information content (AvgIpc) is 2.29. The summed E-state index contributed by atoms with van der Waals surface area (Å²) < 4.78 is 0.829. The normalized spacial score (nSPS) is 11.6. The molecule has 13 heavy (non-hydrogen) atoms. The smallest absolute Gasteiger partial charge is 0.432 e. The third kappa shape index (κ3) is 1.80. The van der Waals surface area contributed by atoms with E-state index in [4.69, 9.17) is 10.8 Å². The van der Waals surface area contributed by atoms with Crippen molar-refractivity contribution in [3.63, 3.8) is 0 Å². The standard InChI is InChI=1S/C8H13N3O2/c1-8(2,3)5-4-11(7(12)13)10-6(5)9/h4H,1-3H3,(H2,9,10)(H,12,13). The van der Waals surface area contributed by atoms with Gasteiger partial charge in [0, 0.05) is 11.8 Å². The average molecular weight is 183 g/mol. The summed E-state index contributed by atoms with van der Waals surface area (Å²) >= 11 is 0. The van der Waals surface area contributed by atoms with Crippen LogP contribution in [0.1, 0.15) is 26.3 Å². The second-order valence-electron chi connectivity index (χ2n) is 3.91. The van der Waals surface area contributed by atoms with Gasteiger partial charge in [-0.15, -0.1) is 5.10 Å². The van der Waals surface area contributed by atoms with Gasteiger partial charge in [-0.25, -0.2) is 4.79 Å². The predicted octanol–water partition coefficient (Wildman–Crippen LogP) is 1.29. The number of carbonyl (C=O) groups is 1. The molecule has 0 aliphatic rings. The van der Waals surface area contributed by atoms with Crippen molar-refractivity contribution in [3.05, 3.63) is 11.8 Å². The maximum Gasteiger partial charge on any atom is 0.432 e. The fourth-order valence-electron chi connectivity index (χ4n) is 1.06. The highest BCUT2D eigenvalue weighted by molar-refractivity contribution is 5.68. The third-order valence-corrected chi connectivity index (χ3v) is 1.75. The van der Waals surface area contributed by atoms with Crippen LogP contribution >= 0.6 is 0 Å². The van der Waals surface area contributed by atoms with Gasteiger partial charge in [-0.1, -0.05) is 20.8 Å². The number of aromatic nitrogens is 2. The van der Waals surface area contributed by atoms with Gasteiger partial charge in [-0.2, -0.15) is 4.68 Å². The second kappa shape index (κ2) is 2.76. The molecule has 0 aliphatic heterocycles. The molecule has 0 fully saturated rings. The van der Waals surface area contributed by atoms with Crippen molar-refractivity contribution in [2.75, 3.05) is 5.73 Å². The SMILES string of the molecule is CC(C)(C)c1cn(C(=O)O)nc1N. The molecular weight excluding hydrogens is 170 g/mol. The molecule has 3 N–H and O–H groups in total. The zero-order chi connectivity index (χ0) is 10.2. The molecule has 1 heterocycles. The van der Waals surface area contributed by atoms with Crippen LogP contribution in [0.3, 0.4) is 0 Å². The first-order valence-corrected chi connectivity index (χ1v) is 3.91. The first kappa shape index (κ1) is 9.57. The number of hydrogen-bond donors (Lipinski definition) is 2. The molecule has 0 amide bonds. The van der Waals surface area contributed by atoms with Crippen molar-refractivity contribution in [1.29, 1.82) is 0 Å². The Kier molecular flexibility index (Phi) is 2.03. The lowest BCUT2D eigenvalue weighted by Crippen LogP contribution is -2.12. The Labute approximate surface area is 76.2 Å². The van der Waals surface area contributed by atoms with Crippen molar-refractivity contribution in [2.45, 2.75) is 26.2 Å². The molecule has 0 bridgehead atoms. The van der Waals surface area contributed by atoms with Gasteiger partial charge in [-0.05, 0) is 5.41 Å². The molecule has 0 atom stereocenters. The summed E-state index contributed by atoms with van der Waals surface area (Å²) in [5.41, 5.74) is 6.13. The van der Waals surface area contributed by atoms with E-state index in [-0.39, 0.29) is 11.2 Å². The molecule has 72 valence electrons. The number of rotatable bonds is 0. The van der Waals surface area contributed by atoms with Gasteiger partial charge in [0.15, 0.2) is 0 Å². The van der Waals surface area contributed by atoms with Crippen LogP contribution in [0.25, 0.3) is 0 Å². The lowest BCUT2D eigenvalue weighted by atomic mass is 9.89. The lowest BCUT2D eigenvalue weighted by Gasteiger charge is -2.16. The number of anilines is 1. The van der Waals surface area contributed by atoms with Crippen molar-refractivity contribution < 1.29 is 9.90 Å². The van der Waals surface area contributed by atoms with Gasteiger partial charge < -0.3 is 10.8 Å². The van der Waals surface area contributed by atoms with E-state index >= 15 is 0 Å². The Balaban J connectivity index is 3.18. The van der Waals surface area contributed by atoms with Gasteiger partial charge in [0.2, 0.25) is 0 Å². The van der Waals surface area contributed by atoms with Crippen LogP contribution in [0.2, 0.25) is 0 Å². The summed E-state index contributed by atoms with van der Waals surface area (Å²) in [5, 5.41) is 12.3. The molecule has 0 aliphatic carbocycles. The fraction of sp³-hybridized carbons (Fsp3) is 0.500. The van der Waals surface area contributed by atoms with E-state index in [0.29, 0.717) is 0 Å². The molecule has 0 radical (unpaired) electrons. The summed E-state index contributed by atoms with van der Waals surface area (Å²) in [4.78, 5) is 10.5. The molecule has 1 aromatic heterocycles. The van der Waals surface area contributed by atoms with Gasteiger partial charge in [-0.3, -0.25) is 0 Å². The molecule has 5 nitrogen and oxygen atoms in total. The summed E-state index contributed by atoms with van der Waals surface area (Å²) in [7, 11) is 0. The van der Waals surface area contributed by atoms with E-state index in [0.717, 1.165) is 10.2 Å². The molecule has 1 aromatic rings. The second-order valence-corrected chi connectivity index (χ2v) is 3.91. The maximum atomic E-state index is 10.5. The largest absolute Gasteiger partial charge is 0.463 e. The van der Waals surface area contributed by atoms with Crippen LogP contribution < -0.4 is 5.73 Å². The van der Waals surface area contributed by atoms with Crippen LogP contribution in [0, 0.1) is 0 Å². The Hall–Kier alpha value is -1.52. The van der Waals surface area contributed by atoms with Gasteiger partial charge >= 0.3 is 6.09 Å². The monoisotopic (exact) mass is 183 g/mol. The minimum Gasteiger partial charge on any atom is -0.463 e. The molecule has 0 saturated heterocycles. The Morgan fingerprint density at radius 1 is 1.62 bits per heavy atom. The first-order chi connectivity index (χ1) is 5.82. The molecule has 1 rings (SSSR count). The maximum absolute atomic E-state index is 10.5. The van der Waals surface area contributed by atoms with Crippen LogP contribution in [0.4, 0.5) is 10.6 Å². The fourth-order valence-corrected chi connectivity index (χ4v) is 1.06. The molecule has 0 spiro atoms. The van der Waals surface area contributed by atoms with Crippen LogP contribution in [0.5, 0.6) is 0 Å². The predicted molar refractivity (Wildman–Crippen MR) is 48.8 cm³/mol. The number of nitrogens with two attached hydrogens (primary N) is 1. The minimum atomic E-state index is -1.12. The Morgan fingerprint density at radius 2 is 2.15 bits per heavy atom. The van der Waals surface area contributed by atoms with E-state index < -0.39 is 6.09 Å². The third-order valence-electron chi connectivity index (χ3n) is 1.75. The molecular formula is C8H13N3O2. The topological polar surface area (TPSA) is 81.1 Å². The van der Waals surface area contributed by atoms with Crippen LogP contribution in [-0.4, -0.2) is 21.0 Å². The summed E-state index contributed by atoms with van der Waals surface area (Å²) in [5.74, 6) is 0.273. The Morgan fingerprint density at radius 3 is 2.38 bits per heavy atom. The van der Waals surface area contributed by atoms with Gasteiger partial charge in [0.25, 0.3) is 0 Å². The van der Waals surface area contributed by atoms with Crippen molar-refractivity contribution in [1.82, 2.24) is 9.78 Å². The molecule has 0 aromatic carbocycles. The number of hydrogen-bond acceptors (Lipinski definition) is 3. The van der Waals surface area contributed by atoms with Crippen LogP contribution in [-0.2, 0) is 5.41 Å². The Bertz CT molecular complexity index is 336. The van der Waals surface area contributed by atoms with Gasteiger partial charge in [0.1, 0.15) is 5.82 Å². The van der Waals surface area contributed by atoms with E-state index in [2.05, 4.69) is 5.10 Å². The zero-order valence-electron chi connectivity index (χ0n) is 7.90. The van der Waals surface area contributed by atoms with E-state index in [1.165, 1.54) is 6.20 Å². The summed E-state index contributed by atoms with van der Waals surface area (Å²) in [6.07, 6.45) is 0.319. The number of nitrogens with zero attached hydrogens (tertiary/aromatic N) is 2. The molecule has 0 saturated carbocycles. The summed E-state index contributed by atoms with van der Waals surface area (Å²) in [6.45, 7) is 5.85.